The Balaban J connectivity index is 1.92. The third-order valence-corrected chi connectivity index (χ3v) is 4.28. The third kappa shape index (κ3) is 1.49. The van der Waals surface area contributed by atoms with Crippen LogP contribution >= 0.6 is 0 Å². The summed E-state index contributed by atoms with van der Waals surface area (Å²) in [5.41, 5.74) is 6.20. The van der Waals surface area contributed by atoms with Gasteiger partial charge in [0.05, 0.1) is 17.0 Å². The predicted molar refractivity (Wildman–Crippen MR) is 82.2 cm³/mol. The second kappa shape index (κ2) is 4.10. The van der Waals surface area contributed by atoms with E-state index in [9.17, 15) is 0 Å². The Morgan fingerprint density at radius 2 is 2.00 bits per heavy atom. The molecule has 1 aliphatic rings. The van der Waals surface area contributed by atoms with Crippen molar-refractivity contribution in [1.29, 1.82) is 0 Å². The largest absolute Gasteiger partial charge is 0.384 e. The van der Waals surface area contributed by atoms with Gasteiger partial charge in [0.15, 0.2) is 0 Å². The molecule has 0 saturated carbocycles. The number of fused-ring (bicyclic) bond motifs is 2. The zero-order chi connectivity index (χ0) is 13.7. The lowest BCUT2D eigenvalue weighted by molar-refractivity contribution is 0.747. The average Bonchev–Trinajstić information content (AvgIpc) is 3.01. The maximum absolute atomic E-state index is 4.88. The number of aryl methyl sites for hydroxylation is 2. The molecule has 0 aliphatic carbocycles. The Kier molecular flexibility index (Phi) is 2.36. The highest BCUT2D eigenvalue weighted by Gasteiger charge is 2.27. The number of anilines is 1. The summed E-state index contributed by atoms with van der Waals surface area (Å²) in [5.74, 6) is 1.48. The van der Waals surface area contributed by atoms with Gasteiger partial charge in [-0.3, -0.25) is 0 Å². The van der Waals surface area contributed by atoms with Crippen molar-refractivity contribution in [3.05, 3.63) is 59.4 Å². The second-order valence-corrected chi connectivity index (χ2v) is 5.49. The van der Waals surface area contributed by atoms with Gasteiger partial charge in [-0.05, 0) is 30.2 Å². The predicted octanol–water partition coefficient (Wildman–Crippen LogP) is 3.44. The minimum absolute atomic E-state index is 0.336. The number of hydrogen-bond acceptors (Lipinski definition) is 2. The van der Waals surface area contributed by atoms with Gasteiger partial charge in [0.25, 0.3) is 0 Å². The number of benzene rings is 2. The SMILES string of the molecule is Cc1cccc2nc(C3CNc4ccccc43)n(C)c12. The fourth-order valence-electron chi connectivity index (χ4n) is 3.31. The Bertz CT molecular complexity index is 801. The van der Waals surface area contributed by atoms with Crippen molar-refractivity contribution < 1.29 is 0 Å². The van der Waals surface area contributed by atoms with E-state index in [-0.39, 0.29) is 0 Å². The molecular weight excluding hydrogens is 246 g/mol. The molecule has 0 spiro atoms. The second-order valence-electron chi connectivity index (χ2n) is 5.49. The minimum Gasteiger partial charge on any atom is -0.384 e. The lowest BCUT2D eigenvalue weighted by Crippen LogP contribution is -2.10. The van der Waals surface area contributed by atoms with Crippen LogP contribution in [0.5, 0.6) is 0 Å². The van der Waals surface area contributed by atoms with Crippen LogP contribution < -0.4 is 5.32 Å². The van der Waals surface area contributed by atoms with Crippen LogP contribution in [0.3, 0.4) is 0 Å². The molecule has 1 N–H and O–H groups in total. The lowest BCUT2D eigenvalue weighted by atomic mass is 10.0. The first kappa shape index (κ1) is 11.5. The van der Waals surface area contributed by atoms with Gasteiger partial charge in [0, 0.05) is 19.3 Å². The number of rotatable bonds is 1. The van der Waals surface area contributed by atoms with Gasteiger partial charge < -0.3 is 9.88 Å². The first-order valence-corrected chi connectivity index (χ1v) is 7.00. The van der Waals surface area contributed by atoms with Crippen molar-refractivity contribution in [1.82, 2.24) is 9.55 Å². The highest BCUT2D eigenvalue weighted by atomic mass is 15.1. The van der Waals surface area contributed by atoms with Crippen molar-refractivity contribution in [2.24, 2.45) is 7.05 Å². The third-order valence-electron chi connectivity index (χ3n) is 4.28. The van der Waals surface area contributed by atoms with Crippen LogP contribution in [-0.4, -0.2) is 16.1 Å². The maximum atomic E-state index is 4.88. The van der Waals surface area contributed by atoms with Gasteiger partial charge in [-0.25, -0.2) is 4.98 Å². The molecule has 4 rings (SSSR count). The molecule has 1 aromatic heterocycles. The quantitative estimate of drug-likeness (QED) is 0.729. The summed E-state index contributed by atoms with van der Waals surface area (Å²) >= 11 is 0. The molecule has 100 valence electrons. The van der Waals surface area contributed by atoms with Gasteiger partial charge in [-0.1, -0.05) is 30.3 Å². The molecule has 1 aliphatic heterocycles. The summed E-state index contributed by atoms with van der Waals surface area (Å²) in [6, 6.07) is 14.8. The minimum atomic E-state index is 0.336. The molecule has 0 saturated heterocycles. The molecule has 3 aromatic rings. The Morgan fingerprint density at radius 3 is 2.85 bits per heavy atom. The maximum Gasteiger partial charge on any atom is 0.119 e. The summed E-state index contributed by atoms with van der Waals surface area (Å²) in [4.78, 5) is 4.88. The highest BCUT2D eigenvalue weighted by Crippen LogP contribution is 2.36. The Hall–Kier alpha value is -2.29. The number of hydrogen-bond donors (Lipinski definition) is 1. The number of imidazole rings is 1. The van der Waals surface area contributed by atoms with E-state index < -0.39 is 0 Å². The number of aromatic nitrogens is 2. The lowest BCUT2D eigenvalue weighted by Gasteiger charge is -2.10. The van der Waals surface area contributed by atoms with Gasteiger partial charge in [-0.15, -0.1) is 0 Å². The first-order chi connectivity index (χ1) is 9.75. The van der Waals surface area contributed by atoms with Gasteiger partial charge in [0.2, 0.25) is 0 Å². The molecule has 2 heterocycles. The van der Waals surface area contributed by atoms with E-state index >= 15 is 0 Å². The van der Waals surface area contributed by atoms with E-state index in [1.165, 1.54) is 22.3 Å². The molecule has 1 atom stereocenters. The van der Waals surface area contributed by atoms with Gasteiger partial charge in [-0.2, -0.15) is 0 Å². The molecule has 1 unspecified atom stereocenters. The molecule has 0 radical (unpaired) electrons. The van der Waals surface area contributed by atoms with Gasteiger partial charge in [0.1, 0.15) is 5.82 Å². The molecule has 3 nitrogen and oxygen atoms in total. The molecule has 0 fully saturated rings. The number of nitrogens with zero attached hydrogens (tertiary/aromatic N) is 2. The zero-order valence-corrected chi connectivity index (χ0v) is 11.7. The summed E-state index contributed by atoms with van der Waals surface area (Å²) in [6.07, 6.45) is 0. The van der Waals surface area contributed by atoms with E-state index in [2.05, 4.69) is 66.3 Å². The normalized spacial score (nSPS) is 17.2. The average molecular weight is 263 g/mol. The fourth-order valence-corrected chi connectivity index (χ4v) is 3.31. The molecule has 2 aromatic carbocycles. The standard InChI is InChI=1S/C17H17N3/c1-11-6-5-9-15-16(11)20(2)17(19-15)13-10-18-14-8-4-3-7-12(13)14/h3-9,13,18H,10H2,1-2H3. The van der Waals surface area contributed by atoms with Crippen molar-refractivity contribution in [2.45, 2.75) is 12.8 Å². The van der Waals surface area contributed by atoms with E-state index in [4.69, 9.17) is 4.98 Å². The van der Waals surface area contributed by atoms with Crippen LogP contribution in [0.2, 0.25) is 0 Å². The smallest absolute Gasteiger partial charge is 0.119 e. The zero-order valence-electron chi connectivity index (χ0n) is 11.7. The molecule has 0 bridgehead atoms. The Morgan fingerprint density at radius 1 is 1.15 bits per heavy atom. The van der Waals surface area contributed by atoms with E-state index in [0.29, 0.717) is 5.92 Å². The topological polar surface area (TPSA) is 29.9 Å². The van der Waals surface area contributed by atoms with Crippen LogP contribution in [-0.2, 0) is 7.05 Å². The first-order valence-electron chi connectivity index (χ1n) is 7.00. The molecule has 3 heteroatoms. The fraction of sp³-hybridized carbons (Fsp3) is 0.235. The van der Waals surface area contributed by atoms with E-state index in [0.717, 1.165) is 17.9 Å². The van der Waals surface area contributed by atoms with Crippen LogP contribution in [0.15, 0.2) is 42.5 Å². The number of para-hydroxylation sites is 2. The number of nitrogens with one attached hydrogen (secondary N) is 1. The van der Waals surface area contributed by atoms with Gasteiger partial charge >= 0.3 is 0 Å². The van der Waals surface area contributed by atoms with Crippen LogP contribution in [0, 0.1) is 6.92 Å². The summed E-state index contributed by atoms with van der Waals surface area (Å²) in [5, 5.41) is 3.48. The van der Waals surface area contributed by atoms with Crippen molar-refractivity contribution in [3.8, 4) is 0 Å². The molecule has 0 amide bonds. The summed E-state index contributed by atoms with van der Waals surface area (Å²) in [6.45, 7) is 3.07. The molecule has 20 heavy (non-hydrogen) atoms. The van der Waals surface area contributed by atoms with Crippen molar-refractivity contribution in [3.63, 3.8) is 0 Å². The van der Waals surface area contributed by atoms with Crippen molar-refractivity contribution >= 4 is 16.7 Å². The van der Waals surface area contributed by atoms with E-state index in [1.54, 1.807) is 0 Å². The van der Waals surface area contributed by atoms with Crippen molar-refractivity contribution in [2.75, 3.05) is 11.9 Å². The van der Waals surface area contributed by atoms with Crippen LogP contribution in [0.1, 0.15) is 22.9 Å². The highest BCUT2D eigenvalue weighted by molar-refractivity contribution is 5.80. The van der Waals surface area contributed by atoms with E-state index in [1.807, 2.05) is 0 Å². The summed E-state index contributed by atoms with van der Waals surface area (Å²) in [7, 11) is 2.12. The Labute approximate surface area is 118 Å². The molecular formula is C17H17N3. The van der Waals surface area contributed by atoms with Crippen LogP contribution in [0.25, 0.3) is 11.0 Å². The summed E-state index contributed by atoms with van der Waals surface area (Å²) < 4.78 is 2.25. The van der Waals surface area contributed by atoms with Crippen LogP contribution in [0.4, 0.5) is 5.69 Å². The monoisotopic (exact) mass is 263 g/mol.